The van der Waals surface area contributed by atoms with Gasteiger partial charge in [0.15, 0.2) is 12.4 Å². The molecule has 0 aromatic heterocycles. The Morgan fingerprint density at radius 1 is 1.04 bits per heavy atom. The Bertz CT molecular complexity index is 827. The van der Waals surface area contributed by atoms with Crippen molar-refractivity contribution in [3.05, 3.63) is 59.2 Å². The van der Waals surface area contributed by atoms with E-state index in [-0.39, 0.29) is 24.5 Å². The summed E-state index contributed by atoms with van der Waals surface area (Å²) in [5.41, 5.74) is 3.11. The monoisotopic (exact) mass is 369 g/mol. The first-order valence-corrected chi connectivity index (χ1v) is 8.76. The van der Waals surface area contributed by atoms with Crippen molar-refractivity contribution in [2.45, 2.75) is 33.1 Å². The van der Waals surface area contributed by atoms with Gasteiger partial charge in [0.2, 0.25) is 5.91 Å². The van der Waals surface area contributed by atoms with Gasteiger partial charge in [-0.05, 0) is 42.7 Å². The molecule has 0 aliphatic heterocycles. The second-order valence-corrected chi connectivity index (χ2v) is 6.18. The number of carbonyl (C=O) groups excluding carboxylic acids is 2. The fraction of sp³-hybridized carbons (Fsp3) is 0.286. The fourth-order valence-corrected chi connectivity index (χ4v) is 2.52. The van der Waals surface area contributed by atoms with Gasteiger partial charge >= 0.3 is 5.97 Å². The number of anilines is 1. The van der Waals surface area contributed by atoms with Gasteiger partial charge in [-0.3, -0.25) is 9.59 Å². The SMILES string of the molecule is CCc1ccc(C(=O)CCC(=O)Nc2ccc(OCC(=O)O)cc2C)cc1. The lowest BCUT2D eigenvalue weighted by molar-refractivity contribution is -0.139. The lowest BCUT2D eigenvalue weighted by Crippen LogP contribution is -2.14. The molecule has 0 heterocycles. The van der Waals surface area contributed by atoms with Gasteiger partial charge in [-0.25, -0.2) is 4.79 Å². The van der Waals surface area contributed by atoms with E-state index >= 15 is 0 Å². The molecule has 2 aromatic rings. The molecule has 2 aromatic carbocycles. The van der Waals surface area contributed by atoms with Crippen molar-refractivity contribution in [2.24, 2.45) is 0 Å². The van der Waals surface area contributed by atoms with Gasteiger partial charge in [0.1, 0.15) is 5.75 Å². The molecule has 0 fully saturated rings. The highest BCUT2D eigenvalue weighted by Crippen LogP contribution is 2.21. The number of hydrogen-bond acceptors (Lipinski definition) is 4. The molecule has 1 amide bonds. The minimum atomic E-state index is -1.06. The first kappa shape index (κ1) is 20.2. The van der Waals surface area contributed by atoms with Gasteiger partial charge in [0.05, 0.1) is 0 Å². The summed E-state index contributed by atoms with van der Waals surface area (Å²) in [6, 6.07) is 12.3. The molecule has 0 radical (unpaired) electrons. The molecule has 0 aliphatic carbocycles. The largest absolute Gasteiger partial charge is 0.482 e. The van der Waals surface area contributed by atoms with Crippen molar-refractivity contribution in [1.29, 1.82) is 0 Å². The molecule has 0 saturated heterocycles. The topological polar surface area (TPSA) is 92.7 Å². The average molecular weight is 369 g/mol. The molecular formula is C21H23NO5. The van der Waals surface area contributed by atoms with E-state index in [4.69, 9.17) is 9.84 Å². The van der Waals surface area contributed by atoms with Crippen LogP contribution in [0.15, 0.2) is 42.5 Å². The van der Waals surface area contributed by atoms with Gasteiger partial charge in [-0.1, -0.05) is 31.2 Å². The summed E-state index contributed by atoms with van der Waals surface area (Å²) in [7, 11) is 0. The van der Waals surface area contributed by atoms with Crippen LogP contribution in [0.5, 0.6) is 5.75 Å². The number of carboxylic acids is 1. The molecule has 6 nitrogen and oxygen atoms in total. The number of rotatable bonds is 9. The minimum Gasteiger partial charge on any atom is -0.482 e. The average Bonchev–Trinajstić information content (AvgIpc) is 2.66. The molecule has 0 aliphatic rings. The molecule has 2 rings (SSSR count). The number of carbonyl (C=O) groups is 3. The molecule has 142 valence electrons. The molecule has 0 saturated carbocycles. The highest BCUT2D eigenvalue weighted by molar-refractivity contribution is 6.00. The summed E-state index contributed by atoms with van der Waals surface area (Å²) in [6.07, 6.45) is 1.14. The lowest BCUT2D eigenvalue weighted by atomic mass is 10.0. The molecule has 0 bridgehead atoms. The third-order valence-electron chi connectivity index (χ3n) is 4.10. The van der Waals surface area contributed by atoms with E-state index < -0.39 is 12.6 Å². The summed E-state index contributed by atoms with van der Waals surface area (Å²) in [5, 5.41) is 11.4. The van der Waals surface area contributed by atoms with Crippen molar-refractivity contribution in [3.8, 4) is 5.75 Å². The van der Waals surface area contributed by atoms with Crippen molar-refractivity contribution in [2.75, 3.05) is 11.9 Å². The number of aliphatic carboxylic acids is 1. The van der Waals surface area contributed by atoms with Gasteiger partial charge in [-0.2, -0.15) is 0 Å². The Balaban J connectivity index is 1.87. The number of Topliss-reactive ketones (excluding diaryl/α,β-unsaturated/α-hetero) is 1. The van der Waals surface area contributed by atoms with Gasteiger partial charge in [0.25, 0.3) is 0 Å². The van der Waals surface area contributed by atoms with Crippen LogP contribution in [-0.4, -0.2) is 29.4 Å². The number of nitrogens with one attached hydrogen (secondary N) is 1. The highest BCUT2D eigenvalue weighted by atomic mass is 16.5. The maximum atomic E-state index is 12.2. The van der Waals surface area contributed by atoms with E-state index in [0.29, 0.717) is 17.0 Å². The Morgan fingerprint density at radius 3 is 2.33 bits per heavy atom. The zero-order chi connectivity index (χ0) is 19.8. The summed E-state index contributed by atoms with van der Waals surface area (Å²) < 4.78 is 5.10. The zero-order valence-corrected chi connectivity index (χ0v) is 15.5. The Kier molecular flexibility index (Phi) is 7.11. The third kappa shape index (κ3) is 6.26. The maximum absolute atomic E-state index is 12.2. The molecule has 0 unspecified atom stereocenters. The summed E-state index contributed by atoms with van der Waals surface area (Å²) in [6.45, 7) is 3.41. The number of ether oxygens (including phenoxy) is 1. The first-order chi connectivity index (χ1) is 12.9. The van der Waals surface area contributed by atoms with Crippen LogP contribution in [0, 0.1) is 6.92 Å². The quantitative estimate of drug-likeness (QED) is 0.659. The predicted molar refractivity (Wildman–Crippen MR) is 102 cm³/mol. The van der Waals surface area contributed by atoms with Crippen molar-refractivity contribution in [3.63, 3.8) is 0 Å². The first-order valence-electron chi connectivity index (χ1n) is 8.76. The van der Waals surface area contributed by atoms with Crippen LogP contribution in [0.3, 0.4) is 0 Å². The standard InChI is InChI=1S/C21H23NO5/c1-3-15-4-6-16(7-5-15)19(23)10-11-20(24)22-18-9-8-17(12-14(18)2)27-13-21(25)26/h4-9,12H,3,10-11,13H2,1-2H3,(H,22,24)(H,25,26). The Labute approximate surface area is 158 Å². The van der Waals surface area contributed by atoms with Crippen molar-refractivity contribution >= 4 is 23.3 Å². The second kappa shape index (κ2) is 9.52. The third-order valence-corrected chi connectivity index (χ3v) is 4.10. The molecule has 27 heavy (non-hydrogen) atoms. The molecule has 0 spiro atoms. The number of carboxylic acid groups (broad SMARTS) is 1. The highest BCUT2D eigenvalue weighted by Gasteiger charge is 2.11. The second-order valence-electron chi connectivity index (χ2n) is 6.18. The van der Waals surface area contributed by atoms with Crippen LogP contribution in [0.4, 0.5) is 5.69 Å². The van der Waals surface area contributed by atoms with Gasteiger partial charge < -0.3 is 15.2 Å². The Morgan fingerprint density at radius 2 is 1.74 bits per heavy atom. The minimum absolute atomic E-state index is 0.0676. The normalized spacial score (nSPS) is 10.3. The molecular weight excluding hydrogens is 346 g/mol. The molecule has 6 heteroatoms. The Hall–Kier alpha value is -3.15. The van der Waals surface area contributed by atoms with E-state index in [1.54, 1.807) is 37.3 Å². The summed E-state index contributed by atoms with van der Waals surface area (Å²) >= 11 is 0. The fourth-order valence-electron chi connectivity index (χ4n) is 2.52. The van der Waals surface area contributed by atoms with E-state index in [0.717, 1.165) is 17.5 Å². The van der Waals surface area contributed by atoms with E-state index in [1.165, 1.54) is 0 Å². The van der Waals surface area contributed by atoms with Gasteiger partial charge in [0, 0.05) is 24.1 Å². The smallest absolute Gasteiger partial charge is 0.341 e. The van der Waals surface area contributed by atoms with Crippen LogP contribution in [0.1, 0.15) is 41.3 Å². The number of amides is 1. The van der Waals surface area contributed by atoms with Crippen molar-refractivity contribution in [1.82, 2.24) is 0 Å². The van der Waals surface area contributed by atoms with Gasteiger partial charge in [-0.15, -0.1) is 0 Å². The molecule has 2 N–H and O–H groups in total. The van der Waals surface area contributed by atoms with Crippen LogP contribution < -0.4 is 10.1 Å². The summed E-state index contributed by atoms with van der Waals surface area (Å²) in [4.78, 5) is 34.8. The van der Waals surface area contributed by atoms with E-state index in [2.05, 4.69) is 5.32 Å². The van der Waals surface area contributed by atoms with Crippen LogP contribution in [0.25, 0.3) is 0 Å². The number of hydrogen-bond donors (Lipinski definition) is 2. The predicted octanol–water partition coefficient (Wildman–Crippen LogP) is 3.62. The zero-order valence-electron chi connectivity index (χ0n) is 15.5. The van der Waals surface area contributed by atoms with Crippen molar-refractivity contribution < 1.29 is 24.2 Å². The van der Waals surface area contributed by atoms with Crippen LogP contribution >= 0.6 is 0 Å². The number of aryl methyl sites for hydroxylation is 2. The van der Waals surface area contributed by atoms with E-state index in [1.807, 2.05) is 19.1 Å². The van der Waals surface area contributed by atoms with Crippen LogP contribution in [-0.2, 0) is 16.0 Å². The molecule has 0 atom stereocenters. The van der Waals surface area contributed by atoms with Crippen LogP contribution in [0.2, 0.25) is 0 Å². The number of ketones is 1. The van der Waals surface area contributed by atoms with E-state index in [9.17, 15) is 14.4 Å². The maximum Gasteiger partial charge on any atom is 0.341 e. The summed E-state index contributed by atoms with van der Waals surface area (Å²) in [5.74, 6) is -0.963. The number of benzene rings is 2. The lowest BCUT2D eigenvalue weighted by Gasteiger charge is -2.10.